The number of ether oxygens (including phenoxy) is 2. The zero-order valence-corrected chi connectivity index (χ0v) is 8.78. The number of carbonyl (C=O) groups excluding carboxylic acids is 1. The molecule has 1 N–H and O–H groups in total. The van der Waals surface area contributed by atoms with Gasteiger partial charge in [-0.15, -0.1) is 0 Å². The second-order valence-electron chi connectivity index (χ2n) is 3.75. The third-order valence-electron chi connectivity index (χ3n) is 2.69. The molecule has 2 heterocycles. The van der Waals surface area contributed by atoms with Crippen LogP contribution in [0, 0.1) is 6.92 Å². The minimum Gasteiger partial charge on any atom is -0.349 e. The molecular formula is C10H17N2O3. The van der Waals surface area contributed by atoms with Crippen molar-refractivity contribution in [3.05, 3.63) is 6.92 Å². The van der Waals surface area contributed by atoms with Crippen LogP contribution in [0.15, 0.2) is 0 Å². The van der Waals surface area contributed by atoms with Gasteiger partial charge in [0.2, 0.25) is 0 Å². The van der Waals surface area contributed by atoms with Crippen LogP contribution in [0.4, 0.5) is 0 Å². The van der Waals surface area contributed by atoms with E-state index in [9.17, 15) is 4.79 Å². The number of amides is 1. The van der Waals surface area contributed by atoms with E-state index in [1.165, 1.54) is 0 Å². The van der Waals surface area contributed by atoms with E-state index in [1.807, 2.05) is 4.90 Å². The third-order valence-corrected chi connectivity index (χ3v) is 2.69. The maximum atomic E-state index is 11.9. The fraction of sp³-hybridized carbons (Fsp3) is 0.800. The summed E-state index contributed by atoms with van der Waals surface area (Å²) < 4.78 is 10.7. The Labute approximate surface area is 89.7 Å². The number of piperazine rings is 1. The van der Waals surface area contributed by atoms with E-state index in [4.69, 9.17) is 9.47 Å². The molecule has 0 bridgehead atoms. The van der Waals surface area contributed by atoms with Gasteiger partial charge in [-0.3, -0.25) is 4.79 Å². The van der Waals surface area contributed by atoms with E-state index in [2.05, 4.69) is 12.2 Å². The molecule has 0 aromatic heterocycles. The second kappa shape index (κ2) is 4.92. The largest absolute Gasteiger partial charge is 0.349 e. The average Bonchev–Trinajstić information content (AvgIpc) is 2.78. The van der Waals surface area contributed by atoms with E-state index in [1.54, 1.807) is 0 Å². The van der Waals surface area contributed by atoms with Crippen LogP contribution in [-0.2, 0) is 14.3 Å². The lowest BCUT2D eigenvalue weighted by molar-refractivity contribution is -0.144. The van der Waals surface area contributed by atoms with Crippen molar-refractivity contribution in [1.29, 1.82) is 0 Å². The normalized spacial score (nSPS) is 31.9. The minimum atomic E-state index is -0.421. The predicted octanol–water partition coefficient (Wildman–Crippen LogP) is -0.616. The van der Waals surface area contributed by atoms with Gasteiger partial charge in [-0.05, 0) is 13.3 Å². The van der Waals surface area contributed by atoms with E-state index in [0.717, 1.165) is 26.2 Å². The van der Waals surface area contributed by atoms with Crippen LogP contribution in [0.1, 0.15) is 6.42 Å². The molecule has 2 fully saturated rings. The Balaban J connectivity index is 1.85. The summed E-state index contributed by atoms with van der Waals surface area (Å²) in [6.07, 6.45) is -0.178. The van der Waals surface area contributed by atoms with Crippen molar-refractivity contribution in [3.8, 4) is 0 Å². The Bertz CT molecular complexity index is 229. The highest BCUT2D eigenvalue weighted by molar-refractivity contribution is 5.81. The summed E-state index contributed by atoms with van der Waals surface area (Å²) in [4.78, 5) is 13.8. The van der Waals surface area contributed by atoms with Gasteiger partial charge in [0.25, 0.3) is 5.91 Å². The molecular weight excluding hydrogens is 196 g/mol. The number of nitrogens with one attached hydrogen (secondary N) is 1. The van der Waals surface area contributed by atoms with E-state index >= 15 is 0 Å². The molecule has 2 saturated heterocycles. The van der Waals surface area contributed by atoms with Crippen LogP contribution >= 0.6 is 0 Å². The third kappa shape index (κ3) is 2.48. The first-order valence-corrected chi connectivity index (χ1v) is 5.37. The van der Waals surface area contributed by atoms with Gasteiger partial charge < -0.3 is 19.7 Å². The molecule has 5 heteroatoms. The van der Waals surface area contributed by atoms with E-state index in [0.29, 0.717) is 13.0 Å². The molecule has 15 heavy (non-hydrogen) atoms. The Morgan fingerprint density at radius 1 is 1.47 bits per heavy atom. The van der Waals surface area contributed by atoms with Crippen molar-refractivity contribution in [1.82, 2.24) is 10.2 Å². The van der Waals surface area contributed by atoms with Gasteiger partial charge in [0.1, 0.15) is 0 Å². The maximum Gasteiger partial charge on any atom is 0.254 e. The number of carbonyl (C=O) groups is 1. The SMILES string of the molecule is [CH2]CC1OCC(C(=O)N2CCNCC2)O1. The highest BCUT2D eigenvalue weighted by atomic mass is 16.7. The molecule has 1 radical (unpaired) electrons. The van der Waals surface area contributed by atoms with Gasteiger partial charge in [-0.1, -0.05) is 0 Å². The molecule has 2 aliphatic heterocycles. The molecule has 0 aliphatic carbocycles. The molecule has 2 rings (SSSR count). The molecule has 2 atom stereocenters. The highest BCUT2D eigenvalue weighted by Crippen LogP contribution is 2.16. The average molecular weight is 213 g/mol. The van der Waals surface area contributed by atoms with Gasteiger partial charge in [0.05, 0.1) is 6.61 Å². The molecule has 0 aromatic rings. The number of nitrogens with zero attached hydrogens (tertiary/aromatic N) is 1. The molecule has 0 aromatic carbocycles. The first-order valence-electron chi connectivity index (χ1n) is 5.37. The Morgan fingerprint density at radius 3 is 2.80 bits per heavy atom. The van der Waals surface area contributed by atoms with Crippen molar-refractivity contribution in [2.45, 2.75) is 18.8 Å². The minimum absolute atomic E-state index is 0.0486. The number of hydrogen-bond donors (Lipinski definition) is 1. The summed E-state index contributed by atoms with van der Waals surface area (Å²) in [6, 6.07) is 0. The summed E-state index contributed by atoms with van der Waals surface area (Å²) in [5.74, 6) is 0.0486. The van der Waals surface area contributed by atoms with Crippen LogP contribution < -0.4 is 5.32 Å². The maximum absolute atomic E-state index is 11.9. The highest BCUT2D eigenvalue weighted by Gasteiger charge is 2.33. The smallest absolute Gasteiger partial charge is 0.254 e. The lowest BCUT2D eigenvalue weighted by atomic mass is 10.3. The van der Waals surface area contributed by atoms with Crippen LogP contribution in [0.25, 0.3) is 0 Å². The van der Waals surface area contributed by atoms with Gasteiger partial charge in [0, 0.05) is 26.2 Å². The summed E-state index contributed by atoms with van der Waals surface area (Å²) >= 11 is 0. The molecule has 2 aliphatic rings. The zero-order chi connectivity index (χ0) is 10.7. The molecule has 0 saturated carbocycles. The fourth-order valence-electron chi connectivity index (χ4n) is 1.83. The fourth-order valence-corrected chi connectivity index (χ4v) is 1.83. The summed E-state index contributed by atoms with van der Waals surface area (Å²) in [6.45, 7) is 7.29. The zero-order valence-electron chi connectivity index (χ0n) is 8.78. The predicted molar refractivity (Wildman–Crippen MR) is 54.0 cm³/mol. The van der Waals surface area contributed by atoms with Crippen molar-refractivity contribution in [2.24, 2.45) is 0 Å². The second-order valence-corrected chi connectivity index (χ2v) is 3.75. The Morgan fingerprint density at radius 2 is 2.20 bits per heavy atom. The van der Waals surface area contributed by atoms with Crippen LogP contribution in [0.5, 0.6) is 0 Å². The van der Waals surface area contributed by atoms with Crippen molar-refractivity contribution >= 4 is 5.91 Å². The van der Waals surface area contributed by atoms with Gasteiger partial charge >= 0.3 is 0 Å². The van der Waals surface area contributed by atoms with Crippen LogP contribution in [-0.4, -0.2) is 56.0 Å². The van der Waals surface area contributed by atoms with Crippen LogP contribution in [0.2, 0.25) is 0 Å². The summed E-state index contributed by atoms with van der Waals surface area (Å²) in [7, 11) is 0. The summed E-state index contributed by atoms with van der Waals surface area (Å²) in [5.41, 5.74) is 0. The monoisotopic (exact) mass is 213 g/mol. The van der Waals surface area contributed by atoms with Crippen LogP contribution in [0.3, 0.4) is 0 Å². The lowest BCUT2D eigenvalue weighted by Gasteiger charge is -2.29. The van der Waals surface area contributed by atoms with Gasteiger partial charge in [0.15, 0.2) is 12.4 Å². The van der Waals surface area contributed by atoms with Crippen molar-refractivity contribution in [2.75, 3.05) is 32.8 Å². The quantitative estimate of drug-likeness (QED) is 0.664. The standard InChI is InChI=1S/C10H17N2O3/c1-2-9-14-7-8(15-9)10(13)12-5-3-11-4-6-12/h8-9,11H,1-7H2. The topological polar surface area (TPSA) is 50.8 Å². The van der Waals surface area contributed by atoms with Gasteiger partial charge in [-0.25, -0.2) is 0 Å². The van der Waals surface area contributed by atoms with Crippen molar-refractivity contribution < 1.29 is 14.3 Å². The Hall–Kier alpha value is -0.650. The lowest BCUT2D eigenvalue weighted by Crippen LogP contribution is -2.50. The summed E-state index contributed by atoms with van der Waals surface area (Å²) in [5, 5.41) is 3.20. The van der Waals surface area contributed by atoms with Gasteiger partial charge in [-0.2, -0.15) is 0 Å². The number of rotatable bonds is 2. The van der Waals surface area contributed by atoms with E-state index < -0.39 is 6.10 Å². The van der Waals surface area contributed by atoms with Crippen molar-refractivity contribution in [3.63, 3.8) is 0 Å². The molecule has 2 unspecified atom stereocenters. The number of hydrogen-bond acceptors (Lipinski definition) is 4. The molecule has 5 nitrogen and oxygen atoms in total. The molecule has 1 amide bonds. The first-order chi connectivity index (χ1) is 7.31. The van der Waals surface area contributed by atoms with E-state index in [-0.39, 0.29) is 12.2 Å². The molecule has 85 valence electrons. The molecule has 0 spiro atoms. The first kappa shape index (κ1) is 10.9. The Kier molecular flexibility index (Phi) is 3.56.